The fourth-order valence-corrected chi connectivity index (χ4v) is 3.43. The summed E-state index contributed by atoms with van der Waals surface area (Å²) in [6, 6.07) is 2.18. The number of rotatable bonds is 4. The summed E-state index contributed by atoms with van der Waals surface area (Å²) in [5, 5.41) is 13.4. The van der Waals surface area contributed by atoms with Crippen molar-refractivity contribution in [1.82, 2.24) is 10.2 Å². The van der Waals surface area contributed by atoms with Crippen LogP contribution in [0.2, 0.25) is 0 Å². The van der Waals surface area contributed by atoms with Crippen molar-refractivity contribution < 1.29 is 14.3 Å². The first-order valence-corrected chi connectivity index (χ1v) is 7.97. The van der Waals surface area contributed by atoms with Crippen LogP contribution in [-0.2, 0) is 0 Å². The molecule has 1 aromatic heterocycles. The van der Waals surface area contributed by atoms with Crippen LogP contribution in [0.25, 0.3) is 0 Å². The fraction of sp³-hybridized carbons (Fsp3) is 0.688. The highest BCUT2D eigenvalue weighted by molar-refractivity contribution is 5.93. The molecule has 2 N–H and O–H groups in total. The molecular formula is C16H24N2O3. The van der Waals surface area contributed by atoms with Gasteiger partial charge in [-0.05, 0) is 37.7 Å². The van der Waals surface area contributed by atoms with E-state index in [0.717, 1.165) is 51.7 Å². The zero-order valence-corrected chi connectivity index (χ0v) is 12.3. The van der Waals surface area contributed by atoms with E-state index in [4.69, 9.17) is 4.42 Å². The number of likely N-dealkylation sites (tertiary alicyclic amines) is 1. The maximum absolute atomic E-state index is 12.2. The number of aliphatic hydroxyl groups excluding tert-OH is 1. The Hall–Kier alpha value is -1.33. The number of amides is 1. The summed E-state index contributed by atoms with van der Waals surface area (Å²) in [7, 11) is 0. The van der Waals surface area contributed by atoms with Gasteiger partial charge in [0.1, 0.15) is 6.26 Å². The third kappa shape index (κ3) is 3.47. The number of furan rings is 1. The maximum Gasteiger partial charge on any atom is 0.257 e. The molecule has 1 saturated carbocycles. The standard InChI is InChI=1S/C16H24N2O3/c19-15-3-1-2-12(15)10-17-14-4-7-18(8-5-14)16(20)13-6-9-21-11-13/h6,9,11-12,14-15,17,19H,1-5,7-8,10H2. The van der Waals surface area contributed by atoms with Crippen molar-refractivity contribution in [1.29, 1.82) is 0 Å². The fourth-order valence-electron chi connectivity index (χ4n) is 3.43. The predicted octanol–water partition coefficient (Wildman–Crippen LogP) is 1.63. The summed E-state index contributed by atoms with van der Waals surface area (Å²) < 4.78 is 4.97. The summed E-state index contributed by atoms with van der Waals surface area (Å²) in [6.45, 7) is 2.48. The first-order chi connectivity index (χ1) is 10.2. The Labute approximate surface area is 125 Å². The lowest BCUT2D eigenvalue weighted by Gasteiger charge is -2.33. The quantitative estimate of drug-likeness (QED) is 0.885. The van der Waals surface area contributed by atoms with Gasteiger partial charge in [-0.1, -0.05) is 6.42 Å². The first-order valence-electron chi connectivity index (χ1n) is 7.97. The number of aliphatic hydroxyl groups is 1. The van der Waals surface area contributed by atoms with Crippen LogP contribution in [-0.4, -0.2) is 47.7 Å². The lowest BCUT2D eigenvalue weighted by molar-refractivity contribution is 0.0699. The van der Waals surface area contributed by atoms with Gasteiger partial charge >= 0.3 is 0 Å². The van der Waals surface area contributed by atoms with E-state index in [1.807, 2.05) is 4.90 Å². The Kier molecular flexibility index (Phi) is 4.60. The zero-order chi connectivity index (χ0) is 14.7. The Balaban J connectivity index is 1.42. The number of hydrogen-bond donors (Lipinski definition) is 2. The summed E-state index contributed by atoms with van der Waals surface area (Å²) >= 11 is 0. The van der Waals surface area contributed by atoms with Crippen molar-refractivity contribution in [3.63, 3.8) is 0 Å². The van der Waals surface area contributed by atoms with E-state index in [2.05, 4.69) is 5.32 Å². The maximum atomic E-state index is 12.2. The lowest BCUT2D eigenvalue weighted by Crippen LogP contribution is -2.46. The highest BCUT2D eigenvalue weighted by Crippen LogP contribution is 2.25. The van der Waals surface area contributed by atoms with Crippen molar-refractivity contribution in [2.24, 2.45) is 5.92 Å². The number of nitrogens with zero attached hydrogens (tertiary/aromatic N) is 1. The van der Waals surface area contributed by atoms with Crippen LogP contribution in [0, 0.1) is 5.92 Å². The predicted molar refractivity (Wildman–Crippen MR) is 79.0 cm³/mol. The normalized spacial score (nSPS) is 27.2. The molecule has 116 valence electrons. The van der Waals surface area contributed by atoms with Gasteiger partial charge in [-0.3, -0.25) is 4.79 Å². The Bertz CT molecular complexity index is 452. The molecule has 1 amide bonds. The van der Waals surface area contributed by atoms with Gasteiger partial charge in [0, 0.05) is 25.7 Å². The van der Waals surface area contributed by atoms with Crippen molar-refractivity contribution in [2.75, 3.05) is 19.6 Å². The van der Waals surface area contributed by atoms with Crippen molar-refractivity contribution in [3.05, 3.63) is 24.2 Å². The Morgan fingerprint density at radius 2 is 2.14 bits per heavy atom. The van der Waals surface area contributed by atoms with Gasteiger partial charge in [-0.25, -0.2) is 0 Å². The van der Waals surface area contributed by atoms with Gasteiger partial charge in [0.2, 0.25) is 0 Å². The molecule has 0 spiro atoms. The summed E-state index contributed by atoms with van der Waals surface area (Å²) in [4.78, 5) is 14.1. The van der Waals surface area contributed by atoms with Crippen molar-refractivity contribution in [2.45, 2.75) is 44.2 Å². The number of piperidine rings is 1. The lowest BCUT2D eigenvalue weighted by atomic mass is 10.0. The molecule has 2 fully saturated rings. The van der Waals surface area contributed by atoms with Gasteiger partial charge in [0.25, 0.3) is 5.91 Å². The van der Waals surface area contributed by atoms with E-state index < -0.39 is 0 Å². The molecule has 1 aliphatic carbocycles. The van der Waals surface area contributed by atoms with Gasteiger partial charge < -0.3 is 19.7 Å². The van der Waals surface area contributed by atoms with E-state index in [1.165, 1.54) is 12.5 Å². The van der Waals surface area contributed by atoms with Crippen LogP contribution >= 0.6 is 0 Å². The molecule has 0 radical (unpaired) electrons. The number of hydrogen-bond acceptors (Lipinski definition) is 4. The van der Waals surface area contributed by atoms with Crippen LogP contribution in [0.3, 0.4) is 0 Å². The average molecular weight is 292 g/mol. The molecule has 5 heteroatoms. The van der Waals surface area contributed by atoms with Gasteiger partial charge in [-0.2, -0.15) is 0 Å². The van der Waals surface area contributed by atoms with Crippen LogP contribution in [0.4, 0.5) is 0 Å². The topological polar surface area (TPSA) is 65.7 Å². The first kappa shape index (κ1) is 14.6. The minimum Gasteiger partial charge on any atom is -0.472 e. The van der Waals surface area contributed by atoms with E-state index >= 15 is 0 Å². The second-order valence-electron chi connectivity index (χ2n) is 6.25. The Morgan fingerprint density at radius 1 is 1.33 bits per heavy atom. The van der Waals surface area contributed by atoms with Crippen LogP contribution < -0.4 is 5.32 Å². The number of carbonyl (C=O) groups is 1. The van der Waals surface area contributed by atoms with E-state index in [-0.39, 0.29) is 12.0 Å². The molecule has 5 nitrogen and oxygen atoms in total. The number of carbonyl (C=O) groups excluding carboxylic acids is 1. The molecule has 2 atom stereocenters. The summed E-state index contributed by atoms with van der Waals surface area (Å²) in [5.41, 5.74) is 0.635. The molecule has 0 bridgehead atoms. The number of nitrogens with one attached hydrogen (secondary N) is 1. The van der Waals surface area contributed by atoms with Crippen molar-refractivity contribution in [3.8, 4) is 0 Å². The second kappa shape index (κ2) is 6.62. The highest BCUT2D eigenvalue weighted by atomic mass is 16.3. The molecule has 1 aliphatic heterocycles. The minimum absolute atomic E-state index is 0.0633. The molecule has 1 aromatic rings. The van der Waals surface area contributed by atoms with Gasteiger partial charge in [-0.15, -0.1) is 0 Å². The minimum atomic E-state index is -0.125. The molecule has 0 aromatic carbocycles. The van der Waals surface area contributed by atoms with Gasteiger partial charge in [0.15, 0.2) is 0 Å². The van der Waals surface area contributed by atoms with E-state index in [1.54, 1.807) is 6.07 Å². The smallest absolute Gasteiger partial charge is 0.257 e. The van der Waals surface area contributed by atoms with Crippen LogP contribution in [0.15, 0.2) is 23.0 Å². The zero-order valence-electron chi connectivity index (χ0n) is 12.3. The van der Waals surface area contributed by atoms with E-state index in [9.17, 15) is 9.90 Å². The average Bonchev–Trinajstić information content (AvgIpc) is 3.17. The third-order valence-electron chi connectivity index (χ3n) is 4.84. The summed E-state index contributed by atoms with van der Waals surface area (Å²) in [5.74, 6) is 0.476. The van der Waals surface area contributed by atoms with E-state index in [0.29, 0.717) is 17.5 Å². The molecule has 21 heavy (non-hydrogen) atoms. The van der Waals surface area contributed by atoms with Gasteiger partial charge in [0.05, 0.1) is 17.9 Å². The Morgan fingerprint density at radius 3 is 2.76 bits per heavy atom. The molecule has 2 aliphatic rings. The monoisotopic (exact) mass is 292 g/mol. The van der Waals surface area contributed by atoms with Crippen LogP contribution in [0.1, 0.15) is 42.5 Å². The molecule has 2 unspecified atom stereocenters. The SMILES string of the molecule is O=C(c1ccoc1)N1CCC(NCC2CCCC2O)CC1. The van der Waals surface area contributed by atoms with Crippen LogP contribution in [0.5, 0.6) is 0 Å². The largest absolute Gasteiger partial charge is 0.472 e. The highest BCUT2D eigenvalue weighted by Gasteiger charge is 2.27. The molecular weight excluding hydrogens is 268 g/mol. The molecule has 2 heterocycles. The molecule has 1 saturated heterocycles. The second-order valence-corrected chi connectivity index (χ2v) is 6.25. The molecule has 3 rings (SSSR count). The third-order valence-corrected chi connectivity index (χ3v) is 4.84. The van der Waals surface area contributed by atoms with Crippen molar-refractivity contribution >= 4 is 5.91 Å². The summed E-state index contributed by atoms with van der Waals surface area (Å²) in [6.07, 6.45) is 8.10.